The van der Waals surface area contributed by atoms with Crippen molar-refractivity contribution in [1.29, 1.82) is 0 Å². The number of aromatic nitrogens is 8. The van der Waals surface area contributed by atoms with Crippen molar-refractivity contribution in [3.05, 3.63) is 43.6 Å². The first kappa shape index (κ1) is 24.2. The third-order valence-electron chi connectivity index (χ3n) is 6.11. The summed E-state index contributed by atoms with van der Waals surface area (Å²) in [4.78, 5) is 41.5. The Morgan fingerprint density at radius 2 is 1.74 bits per heavy atom. The molecule has 0 saturated heterocycles. The molecular formula is C23H32N8O2S. The van der Waals surface area contributed by atoms with Crippen molar-refractivity contribution < 1.29 is 0 Å². The molecule has 34 heavy (non-hydrogen) atoms. The Balaban J connectivity index is 1.68. The van der Waals surface area contributed by atoms with Crippen LogP contribution in [0.3, 0.4) is 0 Å². The van der Waals surface area contributed by atoms with Gasteiger partial charge < -0.3 is 4.57 Å². The molecule has 4 rings (SSSR count). The average molecular weight is 485 g/mol. The first-order valence-corrected chi connectivity index (χ1v) is 13.0. The lowest BCUT2D eigenvalue weighted by atomic mass is 10.1. The summed E-state index contributed by atoms with van der Waals surface area (Å²) in [6, 6.07) is 0. The van der Waals surface area contributed by atoms with Crippen LogP contribution >= 0.6 is 11.8 Å². The van der Waals surface area contributed by atoms with Gasteiger partial charge in [-0.3, -0.25) is 14.3 Å². The highest BCUT2D eigenvalue weighted by atomic mass is 32.2. The molecule has 11 heteroatoms. The van der Waals surface area contributed by atoms with E-state index in [2.05, 4.69) is 35.7 Å². The van der Waals surface area contributed by atoms with Crippen LogP contribution in [0.25, 0.3) is 16.9 Å². The van der Waals surface area contributed by atoms with Crippen molar-refractivity contribution in [2.24, 2.45) is 0 Å². The molecule has 0 bridgehead atoms. The van der Waals surface area contributed by atoms with E-state index >= 15 is 0 Å². The van der Waals surface area contributed by atoms with Crippen molar-refractivity contribution in [2.45, 2.75) is 90.7 Å². The van der Waals surface area contributed by atoms with Crippen LogP contribution in [-0.4, -0.2) is 38.7 Å². The Hall–Kier alpha value is -2.95. The van der Waals surface area contributed by atoms with E-state index in [-0.39, 0.29) is 0 Å². The van der Waals surface area contributed by atoms with E-state index in [1.54, 1.807) is 4.57 Å². The lowest BCUT2D eigenvalue weighted by molar-refractivity contribution is 0.613. The molecule has 10 nitrogen and oxygen atoms in total. The standard InChI is InChI=1S/C23H32N8O2S/c1-6-9-11-16-14(4)24-21-25-17(28-31(21)15(16)5)13-34-23-26-19-18(29(23)8-3)20(32)27-22(33)30(19)12-10-7-2/h6-13H2,1-5H3,(H,27,32,33). The Labute approximate surface area is 201 Å². The molecule has 0 radical (unpaired) electrons. The maximum Gasteiger partial charge on any atom is 0.330 e. The predicted molar refractivity (Wildman–Crippen MR) is 134 cm³/mol. The highest BCUT2D eigenvalue weighted by molar-refractivity contribution is 7.98. The van der Waals surface area contributed by atoms with Crippen LogP contribution in [-0.2, 0) is 25.3 Å². The minimum Gasteiger partial charge on any atom is -0.313 e. The molecule has 0 spiro atoms. The van der Waals surface area contributed by atoms with Gasteiger partial charge in [0.05, 0.1) is 5.75 Å². The fourth-order valence-corrected chi connectivity index (χ4v) is 5.14. The van der Waals surface area contributed by atoms with Gasteiger partial charge in [0, 0.05) is 24.5 Å². The summed E-state index contributed by atoms with van der Waals surface area (Å²) < 4.78 is 5.24. The molecular weight excluding hydrogens is 452 g/mol. The number of unbranched alkanes of at least 4 members (excludes halogenated alkanes) is 2. The molecule has 4 aromatic heterocycles. The molecule has 0 aromatic carbocycles. The molecule has 0 unspecified atom stereocenters. The monoisotopic (exact) mass is 484 g/mol. The van der Waals surface area contributed by atoms with Crippen LogP contribution in [0, 0.1) is 13.8 Å². The molecule has 0 aliphatic rings. The summed E-state index contributed by atoms with van der Waals surface area (Å²) in [6.45, 7) is 11.4. The predicted octanol–water partition coefficient (Wildman–Crippen LogP) is 3.40. The van der Waals surface area contributed by atoms with Gasteiger partial charge in [0.25, 0.3) is 11.3 Å². The minimum absolute atomic E-state index is 0.408. The van der Waals surface area contributed by atoms with Gasteiger partial charge in [-0.1, -0.05) is 38.5 Å². The molecule has 1 N–H and O–H groups in total. The maximum absolute atomic E-state index is 12.6. The summed E-state index contributed by atoms with van der Waals surface area (Å²) in [6.07, 6.45) is 5.00. The van der Waals surface area contributed by atoms with Crippen LogP contribution in [0.15, 0.2) is 14.7 Å². The molecule has 0 fully saturated rings. The third-order valence-corrected chi connectivity index (χ3v) is 7.08. The SMILES string of the molecule is CCCCc1c(C)nc2nc(CSc3nc4c(c(=O)[nH]c(=O)n4CCCC)n3CC)nn2c1C. The fraction of sp³-hybridized carbons (Fsp3) is 0.565. The molecule has 0 aliphatic carbocycles. The summed E-state index contributed by atoms with van der Waals surface area (Å²) in [5.74, 6) is 1.73. The summed E-state index contributed by atoms with van der Waals surface area (Å²) in [7, 11) is 0. The van der Waals surface area contributed by atoms with Crippen molar-refractivity contribution in [1.82, 2.24) is 38.7 Å². The van der Waals surface area contributed by atoms with Gasteiger partial charge in [-0.2, -0.15) is 4.98 Å². The number of nitrogens with one attached hydrogen (secondary N) is 1. The van der Waals surface area contributed by atoms with Crippen LogP contribution in [0.5, 0.6) is 0 Å². The van der Waals surface area contributed by atoms with Gasteiger partial charge in [0.2, 0.25) is 0 Å². The second-order valence-corrected chi connectivity index (χ2v) is 9.41. The normalized spacial score (nSPS) is 11.8. The lowest BCUT2D eigenvalue weighted by Gasteiger charge is -2.09. The summed E-state index contributed by atoms with van der Waals surface area (Å²) >= 11 is 1.46. The number of aromatic amines is 1. The van der Waals surface area contributed by atoms with Crippen molar-refractivity contribution in [3.8, 4) is 0 Å². The zero-order valence-corrected chi connectivity index (χ0v) is 21.3. The second-order valence-electron chi connectivity index (χ2n) is 8.47. The van der Waals surface area contributed by atoms with Gasteiger partial charge in [-0.25, -0.2) is 19.3 Å². The number of thioether (sulfide) groups is 1. The zero-order chi connectivity index (χ0) is 24.4. The van der Waals surface area contributed by atoms with Gasteiger partial charge in [0.15, 0.2) is 22.1 Å². The molecule has 4 aromatic rings. The Kier molecular flexibility index (Phi) is 7.20. The number of H-pyrrole nitrogens is 1. The molecule has 182 valence electrons. The van der Waals surface area contributed by atoms with E-state index in [1.807, 2.05) is 22.9 Å². The average Bonchev–Trinajstić information content (AvgIpc) is 3.38. The number of hydrogen-bond donors (Lipinski definition) is 1. The number of hydrogen-bond acceptors (Lipinski definition) is 7. The molecule has 4 heterocycles. The van der Waals surface area contributed by atoms with E-state index < -0.39 is 11.2 Å². The second kappa shape index (κ2) is 10.1. The fourth-order valence-electron chi connectivity index (χ4n) is 4.24. The van der Waals surface area contributed by atoms with Crippen LogP contribution in [0.2, 0.25) is 0 Å². The lowest BCUT2D eigenvalue weighted by Crippen LogP contribution is -2.31. The first-order valence-electron chi connectivity index (χ1n) is 12.0. The topological polar surface area (TPSA) is 116 Å². The highest BCUT2D eigenvalue weighted by Crippen LogP contribution is 2.25. The van der Waals surface area contributed by atoms with Gasteiger partial charge >= 0.3 is 5.69 Å². The zero-order valence-electron chi connectivity index (χ0n) is 20.5. The molecule has 0 amide bonds. The number of imidazole rings is 1. The van der Waals surface area contributed by atoms with Crippen LogP contribution in [0.4, 0.5) is 0 Å². The summed E-state index contributed by atoms with van der Waals surface area (Å²) in [5, 5.41) is 5.37. The van der Waals surface area contributed by atoms with Crippen molar-refractivity contribution in [3.63, 3.8) is 0 Å². The van der Waals surface area contributed by atoms with E-state index in [9.17, 15) is 9.59 Å². The molecule has 0 saturated carbocycles. The van der Waals surface area contributed by atoms with E-state index in [1.165, 1.54) is 17.3 Å². The van der Waals surface area contributed by atoms with E-state index in [4.69, 9.17) is 10.1 Å². The van der Waals surface area contributed by atoms with Gasteiger partial charge in [-0.05, 0) is 45.6 Å². The Morgan fingerprint density at radius 3 is 2.44 bits per heavy atom. The Morgan fingerprint density at radius 1 is 0.971 bits per heavy atom. The van der Waals surface area contributed by atoms with E-state index in [0.29, 0.717) is 46.8 Å². The highest BCUT2D eigenvalue weighted by Gasteiger charge is 2.19. The Bertz CT molecular complexity index is 1450. The first-order chi connectivity index (χ1) is 16.4. The maximum atomic E-state index is 12.6. The number of fused-ring (bicyclic) bond motifs is 2. The summed E-state index contributed by atoms with van der Waals surface area (Å²) in [5.41, 5.74) is 3.35. The van der Waals surface area contributed by atoms with Crippen LogP contribution < -0.4 is 11.2 Å². The largest absolute Gasteiger partial charge is 0.330 e. The van der Waals surface area contributed by atoms with E-state index in [0.717, 1.165) is 43.5 Å². The van der Waals surface area contributed by atoms with Crippen molar-refractivity contribution in [2.75, 3.05) is 0 Å². The van der Waals surface area contributed by atoms with Gasteiger partial charge in [0.1, 0.15) is 0 Å². The number of rotatable bonds is 10. The minimum atomic E-state index is -0.416. The van der Waals surface area contributed by atoms with Crippen LogP contribution in [0.1, 0.15) is 69.2 Å². The third kappa shape index (κ3) is 4.40. The number of nitrogens with zero attached hydrogens (tertiary/aromatic N) is 7. The quantitative estimate of drug-likeness (QED) is 0.343. The molecule has 0 aliphatic heterocycles. The van der Waals surface area contributed by atoms with Gasteiger partial charge in [-0.15, -0.1) is 5.10 Å². The smallest absolute Gasteiger partial charge is 0.313 e. The molecule has 0 atom stereocenters. The van der Waals surface area contributed by atoms with Crippen molar-refractivity contribution >= 4 is 28.7 Å². The number of aryl methyl sites for hydroxylation is 4.